The molecule has 0 atom stereocenters. The van der Waals surface area contributed by atoms with Gasteiger partial charge in [0.1, 0.15) is 0 Å². The molecule has 0 amide bonds. The number of hydrogen-bond donors (Lipinski definition) is 1. The Labute approximate surface area is 73.5 Å². The highest BCUT2D eigenvalue weighted by atomic mass is 32.1. The maximum Gasteiger partial charge on any atom is 0.0934 e. The van der Waals surface area contributed by atoms with Crippen LogP contribution in [0.4, 0.5) is 0 Å². The SMILES string of the molecule is C=CC.SCCc1ccoc1. The molecule has 0 fully saturated rings. The lowest BCUT2D eigenvalue weighted by atomic mass is 10.3. The predicted octanol–water partition coefficient (Wildman–Crippen LogP) is 2.94. The van der Waals surface area contributed by atoms with Crippen molar-refractivity contribution in [3.05, 3.63) is 36.8 Å². The average molecular weight is 170 g/mol. The number of thiol groups is 1. The topological polar surface area (TPSA) is 13.1 Å². The van der Waals surface area contributed by atoms with Crippen molar-refractivity contribution in [3.8, 4) is 0 Å². The second kappa shape index (κ2) is 7.48. The molecule has 1 heterocycles. The van der Waals surface area contributed by atoms with Crippen LogP contribution in [0.1, 0.15) is 12.5 Å². The second-order valence-corrected chi connectivity index (χ2v) is 2.46. The summed E-state index contributed by atoms with van der Waals surface area (Å²) in [5.41, 5.74) is 1.22. The van der Waals surface area contributed by atoms with Crippen molar-refractivity contribution in [1.82, 2.24) is 0 Å². The van der Waals surface area contributed by atoms with Crippen LogP contribution in [0.5, 0.6) is 0 Å². The summed E-state index contributed by atoms with van der Waals surface area (Å²) in [5, 5.41) is 0. The minimum Gasteiger partial charge on any atom is -0.472 e. The smallest absolute Gasteiger partial charge is 0.0934 e. The Balaban J connectivity index is 0.000000292. The van der Waals surface area contributed by atoms with Crippen molar-refractivity contribution in [2.45, 2.75) is 13.3 Å². The molecule has 0 aliphatic heterocycles. The Morgan fingerprint density at radius 2 is 2.36 bits per heavy atom. The summed E-state index contributed by atoms with van der Waals surface area (Å²) in [7, 11) is 0. The Morgan fingerprint density at radius 3 is 2.73 bits per heavy atom. The van der Waals surface area contributed by atoms with Gasteiger partial charge in [-0.05, 0) is 30.7 Å². The quantitative estimate of drug-likeness (QED) is 0.532. The van der Waals surface area contributed by atoms with Crippen LogP contribution < -0.4 is 0 Å². The van der Waals surface area contributed by atoms with Crippen LogP contribution in [-0.2, 0) is 6.42 Å². The summed E-state index contributed by atoms with van der Waals surface area (Å²) in [6.07, 6.45) is 6.18. The van der Waals surface area contributed by atoms with Gasteiger partial charge >= 0.3 is 0 Å². The first-order chi connectivity index (χ1) is 5.35. The molecule has 0 aliphatic carbocycles. The Kier molecular flexibility index (Phi) is 7.05. The lowest BCUT2D eigenvalue weighted by Gasteiger charge is -1.84. The zero-order valence-electron chi connectivity index (χ0n) is 6.79. The summed E-state index contributed by atoms with van der Waals surface area (Å²) in [4.78, 5) is 0. The van der Waals surface area contributed by atoms with E-state index < -0.39 is 0 Å². The molecule has 0 N–H and O–H groups in total. The number of aryl methyl sites for hydroxylation is 1. The van der Waals surface area contributed by atoms with Crippen molar-refractivity contribution in [1.29, 1.82) is 0 Å². The van der Waals surface area contributed by atoms with Gasteiger partial charge in [-0.25, -0.2) is 0 Å². The van der Waals surface area contributed by atoms with Crippen molar-refractivity contribution in [3.63, 3.8) is 0 Å². The van der Waals surface area contributed by atoms with Crippen molar-refractivity contribution in [2.75, 3.05) is 5.75 Å². The number of furan rings is 1. The number of hydrogen-bond acceptors (Lipinski definition) is 2. The molecule has 0 aromatic carbocycles. The van der Waals surface area contributed by atoms with Gasteiger partial charge in [-0.1, -0.05) is 6.08 Å². The largest absolute Gasteiger partial charge is 0.472 e. The zero-order chi connectivity index (χ0) is 8.53. The highest BCUT2D eigenvalue weighted by Gasteiger charge is 1.88. The van der Waals surface area contributed by atoms with E-state index in [-0.39, 0.29) is 0 Å². The number of rotatable bonds is 2. The first-order valence-corrected chi connectivity index (χ1v) is 4.17. The molecule has 11 heavy (non-hydrogen) atoms. The molecule has 1 aromatic rings. The van der Waals surface area contributed by atoms with Crippen molar-refractivity contribution in [2.24, 2.45) is 0 Å². The van der Waals surface area contributed by atoms with Crippen LogP contribution in [0.25, 0.3) is 0 Å². The van der Waals surface area contributed by atoms with Crippen LogP contribution in [-0.4, -0.2) is 5.75 Å². The Bertz CT molecular complexity index is 168. The Hall–Kier alpha value is -0.630. The second-order valence-electron chi connectivity index (χ2n) is 2.01. The summed E-state index contributed by atoms with van der Waals surface area (Å²) in [6, 6.07) is 1.95. The van der Waals surface area contributed by atoms with E-state index >= 15 is 0 Å². The molecular weight excluding hydrogens is 156 g/mol. The van der Waals surface area contributed by atoms with Gasteiger partial charge in [-0.15, -0.1) is 6.58 Å². The molecule has 0 radical (unpaired) electrons. The molecule has 1 aromatic heterocycles. The van der Waals surface area contributed by atoms with Gasteiger partial charge in [0.15, 0.2) is 0 Å². The summed E-state index contributed by atoms with van der Waals surface area (Å²) >= 11 is 4.07. The minimum absolute atomic E-state index is 0.888. The highest BCUT2D eigenvalue weighted by molar-refractivity contribution is 7.80. The predicted molar refractivity (Wildman–Crippen MR) is 52.1 cm³/mol. The minimum atomic E-state index is 0.888. The van der Waals surface area contributed by atoms with E-state index in [4.69, 9.17) is 4.42 Å². The lowest BCUT2D eigenvalue weighted by Crippen LogP contribution is -1.78. The van der Waals surface area contributed by atoms with Crippen molar-refractivity contribution >= 4 is 12.6 Å². The highest BCUT2D eigenvalue weighted by Crippen LogP contribution is 2.00. The molecule has 0 saturated carbocycles. The van der Waals surface area contributed by atoms with Gasteiger partial charge in [0.2, 0.25) is 0 Å². The van der Waals surface area contributed by atoms with Gasteiger partial charge < -0.3 is 4.42 Å². The fraction of sp³-hybridized carbons (Fsp3) is 0.333. The molecule has 0 bridgehead atoms. The van der Waals surface area contributed by atoms with Gasteiger partial charge in [-0.3, -0.25) is 0 Å². The molecule has 62 valence electrons. The third-order valence-electron chi connectivity index (χ3n) is 0.981. The molecule has 0 aliphatic rings. The number of allylic oxidation sites excluding steroid dienone is 1. The Morgan fingerprint density at radius 1 is 1.73 bits per heavy atom. The van der Waals surface area contributed by atoms with Gasteiger partial charge in [-0.2, -0.15) is 12.6 Å². The van der Waals surface area contributed by atoms with Crippen LogP contribution >= 0.6 is 12.6 Å². The van der Waals surface area contributed by atoms with E-state index in [1.807, 2.05) is 13.0 Å². The van der Waals surface area contributed by atoms with E-state index in [0.29, 0.717) is 0 Å². The first-order valence-electron chi connectivity index (χ1n) is 3.54. The molecule has 0 saturated heterocycles. The average Bonchev–Trinajstić information content (AvgIpc) is 2.42. The third-order valence-corrected chi connectivity index (χ3v) is 1.20. The van der Waals surface area contributed by atoms with Crippen LogP contribution in [0, 0.1) is 0 Å². The lowest BCUT2D eigenvalue weighted by molar-refractivity contribution is 0.564. The van der Waals surface area contributed by atoms with E-state index in [9.17, 15) is 0 Å². The molecule has 1 rings (SSSR count). The molecule has 0 unspecified atom stereocenters. The standard InChI is InChI=1S/C6H8OS.C3H6/c8-4-2-6-1-3-7-5-6;1-3-2/h1,3,5,8H,2,4H2;3H,1H2,2H3. The van der Waals surface area contributed by atoms with E-state index in [1.54, 1.807) is 18.6 Å². The molecular formula is C9H14OS. The fourth-order valence-corrected chi connectivity index (χ4v) is 0.822. The van der Waals surface area contributed by atoms with Crippen LogP contribution in [0.2, 0.25) is 0 Å². The normalized spacial score (nSPS) is 8.18. The first kappa shape index (κ1) is 10.4. The van der Waals surface area contributed by atoms with Gasteiger partial charge in [0.25, 0.3) is 0 Å². The fourth-order valence-electron chi connectivity index (χ4n) is 0.564. The molecule has 1 nitrogen and oxygen atoms in total. The van der Waals surface area contributed by atoms with E-state index in [2.05, 4.69) is 19.2 Å². The molecule has 0 spiro atoms. The van der Waals surface area contributed by atoms with Gasteiger partial charge in [0.05, 0.1) is 12.5 Å². The maximum atomic E-state index is 4.83. The van der Waals surface area contributed by atoms with Crippen molar-refractivity contribution < 1.29 is 4.42 Å². The van der Waals surface area contributed by atoms with Gasteiger partial charge in [0, 0.05) is 0 Å². The van der Waals surface area contributed by atoms with E-state index in [0.717, 1.165) is 12.2 Å². The summed E-state index contributed by atoms with van der Waals surface area (Å²) in [5.74, 6) is 0.888. The monoisotopic (exact) mass is 170 g/mol. The van der Waals surface area contributed by atoms with E-state index in [1.165, 1.54) is 5.56 Å². The molecule has 2 heteroatoms. The zero-order valence-corrected chi connectivity index (χ0v) is 7.68. The third kappa shape index (κ3) is 5.80. The van der Waals surface area contributed by atoms with Crippen LogP contribution in [0.15, 0.2) is 35.7 Å². The summed E-state index contributed by atoms with van der Waals surface area (Å²) in [6.45, 7) is 5.25. The summed E-state index contributed by atoms with van der Waals surface area (Å²) < 4.78 is 4.83. The van der Waals surface area contributed by atoms with Crippen LogP contribution in [0.3, 0.4) is 0 Å². The maximum absolute atomic E-state index is 4.83.